The molecule has 0 aromatic carbocycles. The first-order valence-electron chi connectivity index (χ1n) is 10.3. The van der Waals surface area contributed by atoms with E-state index >= 15 is 0 Å². The van der Waals surface area contributed by atoms with Gasteiger partial charge in [0.2, 0.25) is 0 Å². The van der Waals surface area contributed by atoms with Gasteiger partial charge < -0.3 is 19.6 Å². The number of hydrogen-bond acceptors (Lipinski definition) is 5. The Labute approximate surface area is 161 Å². The van der Waals surface area contributed by atoms with Crippen LogP contribution in [0.2, 0.25) is 0 Å². The summed E-state index contributed by atoms with van der Waals surface area (Å²) in [7, 11) is 1.82. The maximum Gasteiger partial charge on any atom is 0.257 e. The summed E-state index contributed by atoms with van der Waals surface area (Å²) in [5.74, 6) is 0.208. The lowest BCUT2D eigenvalue weighted by Crippen LogP contribution is -2.56. The van der Waals surface area contributed by atoms with Crippen LogP contribution in [-0.2, 0) is 11.8 Å². The highest BCUT2D eigenvalue weighted by Crippen LogP contribution is 2.46. The van der Waals surface area contributed by atoms with Gasteiger partial charge >= 0.3 is 0 Å². The number of piperidine rings is 2. The number of likely N-dealkylation sites (tertiary alicyclic amines) is 2. The van der Waals surface area contributed by atoms with Crippen molar-refractivity contribution in [3.63, 3.8) is 0 Å². The first kappa shape index (κ1) is 18.9. The van der Waals surface area contributed by atoms with E-state index < -0.39 is 0 Å². The van der Waals surface area contributed by atoms with Crippen molar-refractivity contribution in [2.24, 2.45) is 18.4 Å². The molecule has 1 spiro atoms. The number of nitrogens with zero attached hydrogens (tertiary/aromatic N) is 4. The van der Waals surface area contributed by atoms with Crippen LogP contribution in [0.3, 0.4) is 0 Å². The van der Waals surface area contributed by atoms with Gasteiger partial charge in [-0.2, -0.15) is 5.10 Å². The van der Waals surface area contributed by atoms with Crippen LogP contribution in [0.25, 0.3) is 0 Å². The zero-order valence-corrected chi connectivity index (χ0v) is 16.3. The lowest BCUT2D eigenvalue weighted by Gasteiger charge is -2.52. The Morgan fingerprint density at radius 2 is 1.96 bits per heavy atom. The van der Waals surface area contributed by atoms with E-state index in [0.717, 1.165) is 65.0 Å². The Balaban J connectivity index is 1.38. The van der Waals surface area contributed by atoms with Crippen LogP contribution in [0, 0.1) is 11.3 Å². The third kappa shape index (κ3) is 3.77. The number of carbonyl (C=O) groups is 1. The summed E-state index contributed by atoms with van der Waals surface area (Å²) >= 11 is 0. The Bertz CT molecular complexity index is 647. The van der Waals surface area contributed by atoms with E-state index in [1.54, 1.807) is 17.1 Å². The Kier molecular flexibility index (Phi) is 5.53. The summed E-state index contributed by atoms with van der Waals surface area (Å²) in [5, 5.41) is 14.2. The van der Waals surface area contributed by atoms with Gasteiger partial charge in [0.25, 0.3) is 5.91 Å². The predicted molar refractivity (Wildman–Crippen MR) is 101 cm³/mol. The Hall–Kier alpha value is -1.44. The van der Waals surface area contributed by atoms with Crippen molar-refractivity contribution < 1.29 is 14.6 Å². The minimum atomic E-state index is 0.0380. The van der Waals surface area contributed by atoms with Crippen LogP contribution in [0.5, 0.6) is 0 Å². The molecule has 1 amide bonds. The second kappa shape index (κ2) is 7.89. The van der Waals surface area contributed by atoms with Gasteiger partial charge in [0.05, 0.1) is 11.8 Å². The molecule has 150 valence electrons. The number of aliphatic hydroxyl groups is 1. The molecule has 0 radical (unpaired) electrons. The smallest absolute Gasteiger partial charge is 0.257 e. The van der Waals surface area contributed by atoms with Crippen molar-refractivity contribution in [1.82, 2.24) is 19.6 Å². The second-order valence-corrected chi connectivity index (χ2v) is 8.53. The summed E-state index contributed by atoms with van der Waals surface area (Å²) in [6.45, 7) is 5.58. The van der Waals surface area contributed by atoms with E-state index in [4.69, 9.17) is 4.74 Å². The number of ether oxygens (including phenoxy) is 1. The Morgan fingerprint density at radius 1 is 1.26 bits per heavy atom. The largest absolute Gasteiger partial charge is 0.396 e. The molecular formula is C20H32N4O3. The third-order valence-corrected chi connectivity index (χ3v) is 7.15. The Morgan fingerprint density at radius 3 is 2.59 bits per heavy atom. The first-order chi connectivity index (χ1) is 13.1. The molecule has 7 nitrogen and oxygen atoms in total. The fourth-order valence-corrected chi connectivity index (χ4v) is 5.31. The van der Waals surface area contributed by atoms with Crippen LogP contribution >= 0.6 is 0 Å². The zero-order valence-electron chi connectivity index (χ0n) is 16.3. The molecule has 1 N–H and O–H groups in total. The molecular weight excluding hydrogens is 344 g/mol. The van der Waals surface area contributed by atoms with Gasteiger partial charge in [0.15, 0.2) is 0 Å². The predicted octanol–water partition coefficient (Wildman–Crippen LogP) is 1.14. The van der Waals surface area contributed by atoms with Crippen molar-refractivity contribution in [3.8, 4) is 0 Å². The van der Waals surface area contributed by atoms with E-state index in [1.165, 1.54) is 0 Å². The molecule has 0 unspecified atom stereocenters. The highest BCUT2D eigenvalue weighted by atomic mass is 16.5. The molecule has 1 atom stereocenters. The lowest BCUT2D eigenvalue weighted by molar-refractivity contribution is -0.0531. The molecule has 7 heteroatoms. The maximum absolute atomic E-state index is 12.8. The third-order valence-electron chi connectivity index (χ3n) is 7.15. The fourth-order valence-electron chi connectivity index (χ4n) is 5.31. The molecule has 0 bridgehead atoms. The van der Waals surface area contributed by atoms with E-state index in [-0.39, 0.29) is 23.8 Å². The van der Waals surface area contributed by atoms with Gasteiger partial charge in [-0.25, -0.2) is 0 Å². The molecule has 3 saturated heterocycles. The molecule has 1 aromatic rings. The van der Waals surface area contributed by atoms with Crippen LogP contribution < -0.4 is 0 Å². The highest BCUT2D eigenvalue weighted by molar-refractivity contribution is 5.93. The molecule has 27 heavy (non-hydrogen) atoms. The van der Waals surface area contributed by atoms with Crippen molar-refractivity contribution >= 4 is 5.91 Å². The summed E-state index contributed by atoms with van der Waals surface area (Å²) in [4.78, 5) is 17.3. The number of aromatic nitrogens is 2. The number of carbonyl (C=O) groups excluding carboxylic acids is 1. The van der Waals surface area contributed by atoms with Gasteiger partial charge in [-0.3, -0.25) is 9.48 Å². The van der Waals surface area contributed by atoms with Crippen LogP contribution in [0.15, 0.2) is 12.4 Å². The molecule has 0 aliphatic carbocycles. The molecule has 0 saturated carbocycles. The number of amides is 1. The van der Waals surface area contributed by atoms with Gasteiger partial charge in [-0.15, -0.1) is 0 Å². The van der Waals surface area contributed by atoms with Crippen LogP contribution in [-0.4, -0.2) is 82.6 Å². The summed E-state index contributed by atoms with van der Waals surface area (Å²) in [5.41, 5.74) is 0.821. The summed E-state index contributed by atoms with van der Waals surface area (Å²) in [6.07, 6.45) is 8.94. The van der Waals surface area contributed by atoms with Crippen molar-refractivity contribution in [2.75, 3.05) is 46.0 Å². The molecule has 3 aliphatic heterocycles. The first-order valence-corrected chi connectivity index (χ1v) is 10.3. The van der Waals surface area contributed by atoms with Crippen molar-refractivity contribution in [1.29, 1.82) is 0 Å². The van der Waals surface area contributed by atoms with Crippen LogP contribution in [0.4, 0.5) is 0 Å². The molecule has 4 rings (SSSR count). The number of aliphatic hydroxyl groups excluding tert-OH is 1. The number of hydrogen-bond donors (Lipinski definition) is 1. The zero-order chi connectivity index (χ0) is 18.9. The lowest BCUT2D eigenvalue weighted by atomic mass is 9.64. The monoisotopic (exact) mass is 376 g/mol. The highest BCUT2D eigenvalue weighted by Gasteiger charge is 2.46. The topological polar surface area (TPSA) is 70.8 Å². The van der Waals surface area contributed by atoms with Gasteiger partial charge in [-0.05, 0) is 50.6 Å². The summed E-state index contributed by atoms with van der Waals surface area (Å²) in [6, 6.07) is 0.663. The molecule has 3 aliphatic rings. The van der Waals surface area contributed by atoms with E-state index in [2.05, 4.69) is 10.00 Å². The fraction of sp³-hybridized carbons (Fsp3) is 0.800. The maximum atomic E-state index is 12.8. The van der Waals surface area contributed by atoms with Crippen LogP contribution in [0.1, 0.15) is 42.5 Å². The van der Waals surface area contributed by atoms with Gasteiger partial charge in [0.1, 0.15) is 0 Å². The number of rotatable bonds is 3. The number of aryl methyl sites for hydroxylation is 1. The summed E-state index contributed by atoms with van der Waals surface area (Å²) < 4.78 is 7.16. The SMILES string of the molecule is Cn1cc(C(=O)N2CCC3(CCN(C4CCOCC4)CC3)[C@@H](CO)C2)cn1. The molecule has 4 heterocycles. The van der Waals surface area contributed by atoms with Crippen molar-refractivity contribution in [2.45, 2.75) is 38.1 Å². The van der Waals surface area contributed by atoms with E-state index in [1.807, 2.05) is 11.9 Å². The minimum absolute atomic E-state index is 0.0380. The van der Waals surface area contributed by atoms with E-state index in [9.17, 15) is 9.90 Å². The second-order valence-electron chi connectivity index (χ2n) is 8.53. The normalized spacial score (nSPS) is 27.2. The molecule has 3 fully saturated rings. The standard InChI is InChI=1S/C20H32N4O3/c1-22-13-16(12-21-22)19(26)24-9-6-20(17(14-24)15-25)4-7-23(8-5-20)18-2-10-27-11-3-18/h12-13,17-18,25H,2-11,14-15H2,1H3/t17-/m1/s1. The van der Waals surface area contributed by atoms with Crippen molar-refractivity contribution in [3.05, 3.63) is 18.0 Å². The quantitative estimate of drug-likeness (QED) is 0.857. The average molecular weight is 377 g/mol. The van der Waals surface area contributed by atoms with E-state index in [0.29, 0.717) is 18.2 Å². The average Bonchev–Trinajstić information content (AvgIpc) is 3.15. The van der Waals surface area contributed by atoms with Gasteiger partial charge in [0, 0.05) is 58.1 Å². The minimum Gasteiger partial charge on any atom is -0.396 e. The van der Waals surface area contributed by atoms with Gasteiger partial charge in [-0.1, -0.05) is 0 Å². The molecule has 1 aromatic heterocycles.